The highest BCUT2D eigenvalue weighted by Gasteiger charge is 2.02. The molecule has 0 aliphatic carbocycles. The van der Waals surface area contributed by atoms with Crippen LogP contribution in [-0.4, -0.2) is 19.1 Å². The molecule has 0 unspecified atom stereocenters. The first kappa shape index (κ1) is 22.4. The van der Waals surface area contributed by atoms with Crippen LogP contribution in [0.5, 0.6) is 0 Å². The largest absolute Gasteiger partial charge is 0.466 e. The zero-order valence-corrected chi connectivity index (χ0v) is 15.6. The standard InChI is InChI=1S/C20H41NO2/c1-2-3-4-5-6-7-8-9-10-11-12-13-14-17-20(22)23-19-16-15-18-21/h2-19,21H2,1H3. The molecule has 0 aromatic rings. The third-order valence-corrected chi connectivity index (χ3v) is 4.35. The molecule has 23 heavy (non-hydrogen) atoms. The summed E-state index contributed by atoms with van der Waals surface area (Å²) >= 11 is 0. The average Bonchev–Trinajstić information content (AvgIpc) is 2.56. The summed E-state index contributed by atoms with van der Waals surface area (Å²) in [6.45, 7) is 3.48. The van der Waals surface area contributed by atoms with Crippen LogP contribution in [0.4, 0.5) is 0 Å². The topological polar surface area (TPSA) is 52.3 Å². The maximum Gasteiger partial charge on any atom is 0.305 e. The van der Waals surface area contributed by atoms with Gasteiger partial charge in [-0.25, -0.2) is 0 Å². The predicted molar refractivity (Wildman–Crippen MR) is 99.6 cm³/mol. The molecule has 0 aromatic carbocycles. The molecule has 0 rings (SSSR count). The number of esters is 1. The molecule has 0 amide bonds. The van der Waals surface area contributed by atoms with E-state index in [2.05, 4.69) is 6.92 Å². The van der Waals surface area contributed by atoms with Crippen LogP contribution in [0.1, 0.15) is 110 Å². The SMILES string of the molecule is CCCCCCCCCCCCCCCC(=O)OCCCCN. The van der Waals surface area contributed by atoms with Crippen molar-refractivity contribution in [1.29, 1.82) is 0 Å². The third-order valence-electron chi connectivity index (χ3n) is 4.35. The van der Waals surface area contributed by atoms with Gasteiger partial charge in [0.1, 0.15) is 0 Å². The van der Waals surface area contributed by atoms with E-state index in [0.717, 1.165) is 25.7 Å². The summed E-state index contributed by atoms with van der Waals surface area (Å²) < 4.78 is 5.16. The van der Waals surface area contributed by atoms with Crippen molar-refractivity contribution < 1.29 is 9.53 Å². The van der Waals surface area contributed by atoms with Crippen molar-refractivity contribution in [3.8, 4) is 0 Å². The Hall–Kier alpha value is -0.570. The highest BCUT2D eigenvalue weighted by molar-refractivity contribution is 5.69. The van der Waals surface area contributed by atoms with Gasteiger partial charge in [0.25, 0.3) is 0 Å². The fourth-order valence-electron chi connectivity index (χ4n) is 2.79. The van der Waals surface area contributed by atoms with Gasteiger partial charge in [0.2, 0.25) is 0 Å². The second-order valence-corrected chi connectivity index (χ2v) is 6.71. The van der Waals surface area contributed by atoms with Crippen LogP contribution in [-0.2, 0) is 9.53 Å². The van der Waals surface area contributed by atoms with Crippen molar-refractivity contribution in [3.63, 3.8) is 0 Å². The van der Waals surface area contributed by atoms with Crippen LogP contribution in [0.15, 0.2) is 0 Å². The summed E-state index contributed by atoms with van der Waals surface area (Å²) in [6, 6.07) is 0. The number of hydrogen-bond donors (Lipinski definition) is 1. The molecule has 2 N–H and O–H groups in total. The molecule has 0 saturated carbocycles. The Labute approximate surface area is 144 Å². The molecular weight excluding hydrogens is 286 g/mol. The maximum atomic E-state index is 11.5. The minimum atomic E-state index is -0.0369. The van der Waals surface area contributed by atoms with E-state index in [-0.39, 0.29) is 5.97 Å². The first-order valence-electron chi connectivity index (χ1n) is 10.2. The number of rotatable bonds is 18. The lowest BCUT2D eigenvalue weighted by Crippen LogP contribution is -2.07. The van der Waals surface area contributed by atoms with Gasteiger partial charge in [-0.1, -0.05) is 84.0 Å². The Kier molecular flexibility index (Phi) is 19.0. The molecule has 0 radical (unpaired) electrons. The molecule has 0 bridgehead atoms. The van der Waals surface area contributed by atoms with Crippen molar-refractivity contribution in [3.05, 3.63) is 0 Å². The van der Waals surface area contributed by atoms with Gasteiger partial charge in [-0.05, 0) is 25.8 Å². The molecule has 0 spiro atoms. The van der Waals surface area contributed by atoms with Crippen molar-refractivity contribution >= 4 is 5.97 Å². The van der Waals surface area contributed by atoms with E-state index in [0.29, 0.717) is 19.6 Å². The quantitative estimate of drug-likeness (QED) is 0.257. The summed E-state index contributed by atoms with van der Waals surface area (Å²) in [5.74, 6) is -0.0369. The molecule has 0 aliphatic heterocycles. The highest BCUT2D eigenvalue weighted by Crippen LogP contribution is 2.13. The summed E-state index contributed by atoms with van der Waals surface area (Å²) in [5.41, 5.74) is 5.39. The van der Waals surface area contributed by atoms with Gasteiger partial charge in [0.05, 0.1) is 6.61 Å². The zero-order valence-electron chi connectivity index (χ0n) is 15.6. The van der Waals surface area contributed by atoms with Crippen LogP contribution < -0.4 is 5.73 Å². The van der Waals surface area contributed by atoms with E-state index in [1.165, 1.54) is 70.6 Å². The number of ether oxygens (including phenoxy) is 1. The molecule has 0 heterocycles. The van der Waals surface area contributed by atoms with E-state index < -0.39 is 0 Å². The zero-order chi connectivity index (χ0) is 17.0. The van der Waals surface area contributed by atoms with Gasteiger partial charge in [0, 0.05) is 6.42 Å². The Morgan fingerprint density at radius 1 is 0.696 bits per heavy atom. The molecule has 0 fully saturated rings. The van der Waals surface area contributed by atoms with E-state index in [1.54, 1.807) is 0 Å². The second kappa shape index (κ2) is 19.5. The molecule has 0 atom stereocenters. The van der Waals surface area contributed by atoms with Crippen LogP contribution in [0.3, 0.4) is 0 Å². The monoisotopic (exact) mass is 327 g/mol. The number of unbranched alkanes of at least 4 members (excludes halogenated alkanes) is 13. The van der Waals surface area contributed by atoms with Gasteiger partial charge in [-0.15, -0.1) is 0 Å². The van der Waals surface area contributed by atoms with E-state index in [1.807, 2.05) is 0 Å². The van der Waals surface area contributed by atoms with Gasteiger partial charge in [-0.3, -0.25) is 4.79 Å². The summed E-state index contributed by atoms with van der Waals surface area (Å²) in [7, 11) is 0. The molecule has 3 heteroatoms. The second-order valence-electron chi connectivity index (χ2n) is 6.71. The smallest absolute Gasteiger partial charge is 0.305 e. The van der Waals surface area contributed by atoms with Crippen molar-refractivity contribution in [2.75, 3.05) is 13.2 Å². The van der Waals surface area contributed by atoms with Crippen molar-refractivity contribution in [2.45, 2.75) is 110 Å². The third kappa shape index (κ3) is 19.4. The van der Waals surface area contributed by atoms with Gasteiger partial charge in [0.15, 0.2) is 0 Å². The Morgan fingerprint density at radius 2 is 1.17 bits per heavy atom. The number of carbonyl (C=O) groups is 1. The number of nitrogens with two attached hydrogens (primary N) is 1. The average molecular weight is 328 g/mol. The highest BCUT2D eigenvalue weighted by atomic mass is 16.5. The Morgan fingerprint density at radius 3 is 1.65 bits per heavy atom. The normalized spacial score (nSPS) is 10.9. The molecule has 0 aliphatic rings. The van der Waals surface area contributed by atoms with E-state index in [9.17, 15) is 4.79 Å². The van der Waals surface area contributed by atoms with Crippen LogP contribution in [0.2, 0.25) is 0 Å². The lowest BCUT2D eigenvalue weighted by atomic mass is 10.0. The van der Waals surface area contributed by atoms with Gasteiger partial charge >= 0.3 is 5.97 Å². The fourth-order valence-corrected chi connectivity index (χ4v) is 2.79. The lowest BCUT2D eigenvalue weighted by molar-refractivity contribution is -0.143. The summed E-state index contributed by atoms with van der Waals surface area (Å²) in [6.07, 6.45) is 19.7. The first-order chi connectivity index (χ1) is 11.3. The minimum absolute atomic E-state index is 0.0369. The van der Waals surface area contributed by atoms with Crippen molar-refractivity contribution in [1.82, 2.24) is 0 Å². The maximum absolute atomic E-state index is 11.5. The van der Waals surface area contributed by atoms with Crippen LogP contribution in [0.25, 0.3) is 0 Å². The number of carbonyl (C=O) groups excluding carboxylic acids is 1. The van der Waals surface area contributed by atoms with Crippen LogP contribution in [0, 0.1) is 0 Å². The van der Waals surface area contributed by atoms with E-state index in [4.69, 9.17) is 10.5 Å². The first-order valence-corrected chi connectivity index (χ1v) is 10.2. The van der Waals surface area contributed by atoms with Crippen LogP contribution >= 0.6 is 0 Å². The summed E-state index contributed by atoms with van der Waals surface area (Å²) in [4.78, 5) is 11.5. The molecular formula is C20H41NO2. The fraction of sp³-hybridized carbons (Fsp3) is 0.950. The van der Waals surface area contributed by atoms with Crippen molar-refractivity contribution in [2.24, 2.45) is 5.73 Å². The molecule has 0 aromatic heterocycles. The lowest BCUT2D eigenvalue weighted by Gasteiger charge is -2.05. The Bertz CT molecular complexity index is 244. The summed E-state index contributed by atoms with van der Waals surface area (Å²) in [5, 5.41) is 0. The number of hydrogen-bond acceptors (Lipinski definition) is 3. The van der Waals surface area contributed by atoms with Gasteiger partial charge in [-0.2, -0.15) is 0 Å². The van der Waals surface area contributed by atoms with E-state index >= 15 is 0 Å². The molecule has 138 valence electrons. The predicted octanol–water partition coefficient (Wildman–Crippen LogP) is 5.75. The molecule has 3 nitrogen and oxygen atoms in total. The Balaban J connectivity index is 3.08. The van der Waals surface area contributed by atoms with Gasteiger partial charge < -0.3 is 10.5 Å². The molecule has 0 saturated heterocycles. The minimum Gasteiger partial charge on any atom is -0.466 e.